The summed E-state index contributed by atoms with van der Waals surface area (Å²) in [5, 5.41) is 0. The minimum absolute atomic E-state index is 0. The molecule has 0 saturated heterocycles. The minimum atomic E-state index is 0. The Bertz CT molecular complexity index is 303. The van der Waals surface area contributed by atoms with E-state index in [0.717, 1.165) is 0 Å². The summed E-state index contributed by atoms with van der Waals surface area (Å²) in [5.74, 6) is 0.660. The number of ether oxygens (including phenoxy) is 1. The molecule has 0 aliphatic carbocycles. The molecule has 19 heavy (non-hydrogen) atoms. The van der Waals surface area contributed by atoms with E-state index in [1.165, 1.54) is 0 Å². The van der Waals surface area contributed by atoms with E-state index in [0.29, 0.717) is 5.88 Å². The number of hydrogen-bond donors (Lipinski definition) is 0. The first kappa shape index (κ1) is 23.7. The Morgan fingerprint density at radius 1 is 1.21 bits per heavy atom. The Hall–Kier alpha value is -0.334. The Kier molecular flexibility index (Phi) is 17.6. The van der Waals surface area contributed by atoms with Crippen LogP contribution >= 0.6 is 0 Å². The van der Waals surface area contributed by atoms with Gasteiger partial charge in [-0.2, -0.15) is 6.41 Å². The normalized spacial score (nSPS) is 8.58. The van der Waals surface area contributed by atoms with Crippen LogP contribution in [0.4, 0.5) is 0 Å². The Morgan fingerprint density at radius 2 is 1.74 bits per heavy atom. The van der Waals surface area contributed by atoms with E-state index in [4.69, 9.17) is 4.74 Å². The molecule has 0 bridgehead atoms. The average molecular weight is 342 g/mol. The van der Waals surface area contributed by atoms with Gasteiger partial charge in [0.1, 0.15) is 0 Å². The van der Waals surface area contributed by atoms with Crippen LogP contribution in [0, 0.1) is 0 Å². The molecular weight excluding hydrogens is 320 g/mol. The van der Waals surface area contributed by atoms with E-state index in [1.54, 1.807) is 24.3 Å². The zero-order chi connectivity index (χ0) is 13.3. The van der Waals surface area contributed by atoms with Crippen LogP contribution in [0.15, 0.2) is 24.4 Å². The van der Waals surface area contributed by atoms with E-state index < -0.39 is 0 Å². The topological polar surface area (TPSA) is 42.4 Å². The Labute approximate surface area is 142 Å². The molecule has 1 amide bonds. The second-order valence-corrected chi connectivity index (χ2v) is 4.06. The molecule has 0 fully saturated rings. The van der Waals surface area contributed by atoms with Gasteiger partial charge in [0.05, 0.1) is 7.11 Å². The van der Waals surface area contributed by atoms with Gasteiger partial charge in [-0.05, 0) is 45.8 Å². The molecule has 0 atom stereocenters. The number of carbonyl (C=O) groups excluding carboxylic acids is 1. The largest absolute Gasteiger partial charge is 2.00 e. The van der Waals surface area contributed by atoms with Gasteiger partial charge in [0.15, 0.2) is 0 Å². The van der Waals surface area contributed by atoms with Gasteiger partial charge in [0.25, 0.3) is 0 Å². The summed E-state index contributed by atoms with van der Waals surface area (Å²) in [6.45, 7) is 7.91. The second kappa shape index (κ2) is 14.1. The number of pyridine rings is 1. The number of rotatable bonds is 4. The van der Waals surface area contributed by atoms with Gasteiger partial charge in [0.2, 0.25) is 5.88 Å². The monoisotopic (exact) mass is 340 g/mol. The molecule has 1 aromatic heterocycles. The Balaban J connectivity index is -0.000000244. The summed E-state index contributed by atoms with van der Waals surface area (Å²) in [6.07, 6.45) is 3.58. The molecule has 0 aromatic carbocycles. The number of hydrogen-bond acceptors (Lipinski definition) is 3. The van der Waals surface area contributed by atoms with Gasteiger partial charge in [-0.15, -0.1) is 0 Å². The van der Waals surface area contributed by atoms with E-state index >= 15 is 0 Å². The summed E-state index contributed by atoms with van der Waals surface area (Å²) in [7, 11) is 1.60. The zero-order valence-corrected chi connectivity index (χ0v) is 15.3. The number of halogens is 1. The quantitative estimate of drug-likeness (QED) is 0.396. The molecule has 0 aliphatic rings. The van der Waals surface area contributed by atoms with Crippen LogP contribution in [0.3, 0.4) is 0 Å². The third-order valence-corrected chi connectivity index (χ3v) is 2.06. The third kappa shape index (κ3) is 11.2. The zero-order valence-electron chi connectivity index (χ0n) is 12.3. The van der Waals surface area contributed by atoms with Gasteiger partial charge in [-0.3, -0.25) is 0 Å². The number of nitrogens with zero attached hydrogens (tertiary/aromatic N) is 2. The average Bonchev–Trinajstić information content (AvgIpc) is 2.31. The van der Waals surface area contributed by atoms with Crippen molar-refractivity contribution in [1.82, 2.24) is 9.88 Å². The van der Waals surface area contributed by atoms with Crippen LogP contribution in [0.2, 0.25) is 0 Å². The van der Waals surface area contributed by atoms with Crippen molar-refractivity contribution in [2.45, 2.75) is 39.8 Å². The van der Waals surface area contributed by atoms with E-state index in [2.05, 4.69) is 4.98 Å². The van der Waals surface area contributed by atoms with E-state index in [9.17, 15) is 4.79 Å². The molecule has 1 heterocycles. The summed E-state index contributed by atoms with van der Waals surface area (Å²) < 4.78 is 4.80. The van der Waals surface area contributed by atoms with Gasteiger partial charge >= 0.3 is 23.1 Å². The molecule has 1 rings (SSSR count). The number of methoxy groups -OCH3 is 1. The fourth-order valence-corrected chi connectivity index (χ4v) is 1.27. The van der Waals surface area contributed by atoms with Crippen molar-refractivity contribution in [2.75, 3.05) is 7.11 Å². The summed E-state index contributed by atoms with van der Waals surface area (Å²) in [4.78, 5) is 15.7. The van der Waals surface area contributed by atoms with Crippen LogP contribution in [0.1, 0.15) is 27.7 Å². The maximum absolute atomic E-state index is 10.2. The standard InChI is InChI=1S/C7H14NO.C6H7NO.BrH.Mg/c1-6(2)8(5-9)7(3)4;1-8-6-4-2-3-5-7-6;;/h6-7H,1-4H3;2-5H,1H3;1H;/q-1;;;+2/p-1. The smallest absolute Gasteiger partial charge is 1.00 e. The number of aromatic nitrogens is 1. The molecule has 6 heteroatoms. The first-order valence-electron chi connectivity index (χ1n) is 5.64. The fraction of sp³-hybridized carbons (Fsp3) is 0.538. The van der Waals surface area contributed by atoms with Crippen molar-refractivity contribution in [3.63, 3.8) is 0 Å². The molecule has 0 N–H and O–H groups in total. The first-order chi connectivity index (χ1) is 8.02. The Morgan fingerprint density at radius 3 is 1.89 bits per heavy atom. The van der Waals surface area contributed by atoms with Crippen molar-refractivity contribution >= 4 is 29.5 Å². The van der Waals surface area contributed by atoms with Crippen molar-refractivity contribution in [2.24, 2.45) is 0 Å². The summed E-state index contributed by atoms with van der Waals surface area (Å²) in [5.41, 5.74) is 0. The van der Waals surface area contributed by atoms with E-state index in [-0.39, 0.29) is 52.1 Å². The van der Waals surface area contributed by atoms with Crippen LogP contribution < -0.4 is 21.7 Å². The first-order valence-corrected chi connectivity index (χ1v) is 5.64. The maximum Gasteiger partial charge on any atom is 2.00 e. The molecule has 0 saturated carbocycles. The fourth-order valence-electron chi connectivity index (χ4n) is 1.27. The van der Waals surface area contributed by atoms with Crippen molar-refractivity contribution in [1.29, 1.82) is 0 Å². The SMILES string of the molecule is CC(C)N([C-]=O)C(C)C.COc1ccccn1.[Br-].[Mg+2]. The second-order valence-electron chi connectivity index (χ2n) is 4.06. The minimum Gasteiger partial charge on any atom is -1.00 e. The van der Waals surface area contributed by atoms with Gasteiger partial charge in [-0.1, -0.05) is 6.07 Å². The van der Waals surface area contributed by atoms with Crippen LogP contribution in [0.5, 0.6) is 5.88 Å². The predicted octanol–water partition coefficient (Wildman–Crippen LogP) is -1.11. The molecule has 0 radical (unpaired) electrons. The van der Waals surface area contributed by atoms with Gasteiger partial charge in [0, 0.05) is 12.3 Å². The third-order valence-electron chi connectivity index (χ3n) is 2.06. The van der Waals surface area contributed by atoms with Crippen LogP contribution in [-0.2, 0) is 4.79 Å². The van der Waals surface area contributed by atoms with E-state index in [1.807, 2.05) is 46.2 Å². The molecule has 0 spiro atoms. The van der Waals surface area contributed by atoms with Crippen molar-refractivity contribution in [3.8, 4) is 5.88 Å². The van der Waals surface area contributed by atoms with Crippen molar-refractivity contribution in [3.05, 3.63) is 24.4 Å². The number of amides is 1. The molecule has 1 aromatic rings. The van der Waals surface area contributed by atoms with Gasteiger partial charge < -0.3 is 31.4 Å². The molecule has 0 unspecified atom stereocenters. The molecular formula is C13H21BrMgN2O2. The van der Waals surface area contributed by atoms with Gasteiger partial charge in [-0.25, -0.2) is 4.98 Å². The van der Waals surface area contributed by atoms with Crippen LogP contribution in [0.25, 0.3) is 0 Å². The molecule has 104 valence electrons. The predicted molar refractivity (Wildman–Crippen MR) is 74.3 cm³/mol. The van der Waals surface area contributed by atoms with Crippen molar-refractivity contribution < 1.29 is 26.5 Å². The maximum atomic E-state index is 10.2. The van der Waals surface area contributed by atoms with Crippen LogP contribution in [-0.4, -0.2) is 58.5 Å². The molecule has 0 aliphatic heterocycles. The summed E-state index contributed by atoms with van der Waals surface area (Å²) >= 11 is 0. The summed E-state index contributed by atoms with van der Waals surface area (Å²) in [6, 6.07) is 6.07. The molecule has 4 nitrogen and oxygen atoms in total.